The van der Waals surface area contributed by atoms with Crippen molar-refractivity contribution in [3.63, 3.8) is 0 Å². The molecule has 3 amide bonds. The second kappa shape index (κ2) is 8.47. The summed E-state index contributed by atoms with van der Waals surface area (Å²) in [6, 6.07) is 10.6. The van der Waals surface area contributed by atoms with Gasteiger partial charge >= 0.3 is 12.2 Å². The van der Waals surface area contributed by atoms with E-state index in [1.807, 2.05) is 29.2 Å². The molecule has 2 fully saturated rings. The Labute approximate surface area is 198 Å². The van der Waals surface area contributed by atoms with E-state index in [0.29, 0.717) is 43.1 Å². The highest BCUT2D eigenvalue weighted by molar-refractivity contribution is 7.99. The third-order valence-corrected chi connectivity index (χ3v) is 7.67. The van der Waals surface area contributed by atoms with Gasteiger partial charge in [0.05, 0.1) is 29.6 Å². The summed E-state index contributed by atoms with van der Waals surface area (Å²) >= 11 is 1.41. The second-order valence-electron chi connectivity index (χ2n) is 8.81. The molecule has 3 aliphatic heterocycles. The smallest absolute Gasteiger partial charge is 0.390 e. The van der Waals surface area contributed by atoms with Crippen molar-refractivity contribution in [2.75, 3.05) is 31.1 Å². The predicted molar refractivity (Wildman–Crippen MR) is 120 cm³/mol. The van der Waals surface area contributed by atoms with Gasteiger partial charge in [0.15, 0.2) is 0 Å². The van der Waals surface area contributed by atoms with E-state index >= 15 is 0 Å². The number of fused-ring (bicyclic) bond motifs is 2. The van der Waals surface area contributed by atoms with Crippen LogP contribution in [0.4, 0.5) is 29.3 Å². The van der Waals surface area contributed by atoms with E-state index in [9.17, 15) is 27.9 Å². The third kappa shape index (κ3) is 4.23. The molecule has 1 spiro atoms. The lowest BCUT2D eigenvalue weighted by Crippen LogP contribution is -2.56. The standard InChI is InChI=1S/C23H23F3N4O3S/c24-23(25,26)14-5-6-19-17(11-14)30(16-3-1-2-4-18(16)34-19)13-15(31)12-29-9-7-22(8-10-29)20(32)27-21(33)28-22/h1-6,11,15,31H,7-10,12-13H2,(H2,27,28,32,33). The molecule has 0 aliphatic carbocycles. The monoisotopic (exact) mass is 492 g/mol. The molecule has 0 saturated carbocycles. The molecule has 34 heavy (non-hydrogen) atoms. The zero-order chi connectivity index (χ0) is 24.1. The van der Waals surface area contributed by atoms with Crippen LogP contribution in [0.2, 0.25) is 0 Å². The summed E-state index contributed by atoms with van der Waals surface area (Å²) in [7, 11) is 0. The highest BCUT2D eigenvalue weighted by Gasteiger charge is 2.48. The summed E-state index contributed by atoms with van der Waals surface area (Å²) in [5.41, 5.74) is -0.458. The summed E-state index contributed by atoms with van der Waals surface area (Å²) in [5, 5.41) is 15.9. The highest BCUT2D eigenvalue weighted by atomic mass is 32.2. The van der Waals surface area contributed by atoms with Gasteiger partial charge in [-0.15, -0.1) is 0 Å². The zero-order valence-corrected chi connectivity index (χ0v) is 18.9. The SMILES string of the molecule is O=C1NC(=O)C2(CCN(CC(O)CN3c4ccccc4Sc4ccc(C(F)(F)F)cc43)CC2)N1. The van der Waals surface area contributed by atoms with Crippen molar-refractivity contribution in [1.29, 1.82) is 0 Å². The van der Waals surface area contributed by atoms with E-state index in [1.165, 1.54) is 17.8 Å². The van der Waals surface area contributed by atoms with Crippen molar-refractivity contribution < 1.29 is 27.9 Å². The lowest BCUT2D eigenvalue weighted by molar-refractivity contribution is -0.137. The Morgan fingerprint density at radius 1 is 1.03 bits per heavy atom. The lowest BCUT2D eigenvalue weighted by atomic mass is 9.87. The number of carbonyl (C=O) groups excluding carboxylic acids is 2. The number of piperidine rings is 1. The van der Waals surface area contributed by atoms with Crippen LogP contribution in [-0.2, 0) is 11.0 Å². The van der Waals surface area contributed by atoms with Gasteiger partial charge in [-0.05, 0) is 43.2 Å². The second-order valence-corrected chi connectivity index (χ2v) is 9.89. The molecule has 0 bridgehead atoms. The number of hydrogen-bond acceptors (Lipinski definition) is 6. The molecule has 2 saturated heterocycles. The fourth-order valence-corrected chi connectivity index (χ4v) is 5.84. The molecule has 2 aromatic carbocycles. The average Bonchev–Trinajstić information content (AvgIpc) is 3.06. The summed E-state index contributed by atoms with van der Waals surface area (Å²) in [6.07, 6.45) is -4.46. The number of β-amino-alcohol motifs (C(OH)–C–C–N with tert-alkyl or cyclic N) is 1. The van der Waals surface area contributed by atoms with Gasteiger partial charge in [-0.1, -0.05) is 23.9 Å². The first kappa shape index (κ1) is 23.0. The van der Waals surface area contributed by atoms with E-state index in [0.717, 1.165) is 22.7 Å². The minimum atomic E-state index is -4.47. The molecule has 0 radical (unpaired) electrons. The molecule has 0 aromatic heterocycles. The number of halogens is 3. The zero-order valence-electron chi connectivity index (χ0n) is 18.1. The van der Waals surface area contributed by atoms with Crippen molar-refractivity contribution in [3.8, 4) is 0 Å². The van der Waals surface area contributed by atoms with Gasteiger partial charge in [-0.25, -0.2) is 4.79 Å². The molecular formula is C23H23F3N4O3S. The molecule has 1 unspecified atom stereocenters. The van der Waals surface area contributed by atoms with Gasteiger partial charge in [0.25, 0.3) is 5.91 Å². The maximum Gasteiger partial charge on any atom is 0.416 e. The summed E-state index contributed by atoms with van der Waals surface area (Å²) in [5.74, 6) is -0.322. The molecular weight excluding hydrogens is 469 g/mol. The van der Waals surface area contributed by atoms with Gasteiger partial charge in [0, 0.05) is 29.4 Å². The molecule has 1 atom stereocenters. The number of imide groups is 1. The van der Waals surface area contributed by atoms with Crippen molar-refractivity contribution in [2.24, 2.45) is 0 Å². The van der Waals surface area contributed by atoms with Gasteiger partial charge in [-0.3, -0.25) is 10.1 Å². The number of aliphatic hydroxyl groups is 1. The van der Waals surface area contributed by atoms with Crippen LogP contribution in [0, 0.1) is 0 Å². The van der Waals surface area contributed by atoms with Crippen molar-refractivity contribution in [3.05, 3.63) is 48.0 Å². The molecule has 3 aliphatic rings. The number of hydrogen-bond donors (Lipinski definition) is 3. The van der Waals surface area contributed by atoms with Crippen LogP contribution >= 0.6 is 11.8 Å². The first-order valence-corrected chi connectivity index (χ1v) is 11.8. The third-order valence-electron chi connectivity index (χ3n) is 6.54. The molecule has 5 rings (SSSR count). The Kier molecular flexibility index (Phi) is 5.73. The van der Waals surface area contributed by atoms with E-state index < -0.39 is 29.4 Å². The number of nitrogens with zero attached hydrogens (tertiary/aromatic N) is 2. The summed E-state index contributed by atoms with van der Waals surface area (Å²) < 4.78 is 40.2. The van der Waals surface area contributed by atoms with Crippen LogP contribution < -0.4 is 15.5 Å². The maximum atomic E-state index is 13.4. The normalized spacial score (nSPS) is 20.5. The number of anilines is 2. The average molecular weight is 493 g/mol. The lowest BCUT2D eigenvalue weighted by Gasteiger charge is -2.39. The number of para-hydroxylation sites is 1. The Hall–Kier alpha value is -2.76. The van der Waals surface area contributed by atoms with E-state index in [2.05, 4.69) is 10.6 Å². The van der Waals surface area contributed by atoms with Crippen molar-refractivity contribution in [1.82, 2.24) is 15.5 Å². The van der Waals surface area contributed by atoms with Crippen LogP contribution in [0.25, 0.3) is 0 Å². The number of aliphatic hydroxyl groups excluding tert-OH is 1. The number of rotatable bonds is 4. The summed E-state index contributed by atoms with van der Waals surface area (Å²) in [4.78, 5) is 29.0. The topological polar surface area (TPSA) is 84.9 Å². The van der Waals surface area contributed by atoms with Crippen molar-refractivity contribution in [2.45, 2.75) is 40.5 Å². The van der Waals surface area contributed by atoms with Crippen LogP contribution in [-0.4, -0.2) is 59.8 Å². The van der Waals surface area contributed by atoms with Gasteiger partial charge in [0.2, 0.25) is 0 Å². The molecule has 3 heterocycles. The van der Waals surface area contributed by atoms with Crippen molar-refractivity contribution >= 4 is 35.1 Å². The number of urea groups is 1. The van der Waals surface area contributed by atoms with E-state index in [4.69, 9.17) is 0 Å². The van der Waals surface area contributed by atoms with Crippen LogP contribution in [0.1, 0.15) is 18.4 Å². The largest absolute Gasteiger partial charge is 0.416 e. The van der Waals surface area contributed by atoms with Crippen LogP contribution in [0.15, 0.2) is 52.3 Å². The minimum absolute atomic E-state index is 0.116. The van der Waals surface area contributed by atoms with E-state index in [1.54, 1.807) is 4.90 Å². The first-order valence-electron chi connectivity index (χ1n) is 10.9. The van der Waals surface area contributed by atoms with Gasteiger partial charge in [-0.2, -0.15) is 13.2 Å². The first-order chi connectivity index (χ1) is 16.1. The number of nitrogens with one attached hydrogen (secondary N) is 2. The molecule has 11 heteroatoms. The van der Waals surface area contributed by atoms with Crippen LogP contribution in [0.5, 0.6) is 0 Å². The highest BCUT2D eigenvalue weighted by Crippen LogP contribution is 2.49. The Morgan fingerprint density at radius 2 is 1.74 bits per heavy atom. The van der Waals surface area contributed by atoms with Crippen LogP contribution in [0.3, 0.4) is 0 Å². The van der Waals surface area contributed by atoms with Gasteiger partial charge < -0.3 is 20.2 Å². The number of amides is 3. The fraction of sp³-hybridized carbons (Fsp3) is 0.391. The Balaban J connectivity index is 1.32. The van der Waals surface area contributed by atoms with Gasteiger partial charge in [0.1, 0.15) is 5.54 Å². The molecule has 3 N–H and O–H groups in total. The Morgan fingerprint density at radius 3 is 2.41 bits per heavy atom. The fourth-order valence-electron chi connectivity index (χ4n) is 4.77. The number of likely N-dealkylation sites (tertiary alicyclic amines) is 1. The number of alkyl halides is 3. The molecule has 180 valence electrons. The maximum absolute atomic E-state index is 13.4. The summed E-state index contributed by atoms with van der Waals surface area (Å²) in [6.45, 7) is 1.43. The van der Waals surface area contributed by atoms with E-state index in [-0.39, 0.29) is 12.5 Å². The minimum Gasteiger partial charge on any atom is -0.390 e. The molecule has 2 aromatic rings. The predicted octanol–water partition coefficient (Wildman–Crippen LogP) is 3.34. The molecule has 7 nitrogen and oxygen atoms in total. The number of carbonyl (C=O) groups is 2. The number of benzene rings is 2. The Bertz CT molecular complexity index is 1130. The quantitative estimate of drug-likeness (QED) is 0.568.